The number of carboxylic acids is 2. The van der Waals surface area contributed by atoms with E-state index in [0.29, 0.717) is 5.01 Å². The third-order valence-electron chi connectivity index (χ3n) is 3.00. The molecule has 2 aromatic carbocycles. The molecule has 3 aromatic rings. The van der Waals surface area contributed by atoms with E-state index in [9.17, 15) is 19.8 Å². The molecule has 5 nitrogen and oxygen atoms in total. The van der Waals surface area contributed by atoms with Gasteiger partial charge in [0, 0.05) is 11.1 Å². The van der Waals surface area contributed by atoms with E-state index < -0.39 is 11.9 Å². The maximum atomic E-state index is 11.2. The molecule has 0 fully saturated rings. The normalized spacial score (nSPS) is 10.7. The summed E-state index contributed by atoms with van der Waals surface area (Å²) in [5, 5.41) is 22.6. The van der Waals surface area contributed by atoms with Crippen LogP contribution in [0.2, 0.25) is 0 Å². The average molecular weight is 297 g/mol. The molecule has 104 valence electrons. The number of nitrogens with zero attached hydrogens (tertiary/aromatic N) is 1. The molecule has 0 bridgehead atoms. The maximum absolute atomic E-state index is 11.2. The number of aromatic nitrogens is 1. The molecule has 0 N–H and O–H groups in total. The average Bonchev–Trinajstić information content (AvgIpc) is 2.90. The smallest absolute Gasteiger partial charge is 0.125 e. The Hall–Kier alpha value is -2.73. The van der Waals surface area contributed by atoms with E-state index in [0.717, 1.165) is 10.2 Å². The minimum atomic E-state index is -1.38. The fourth-order valence-corrected chi connectivity index (χ4v) is 3.01. The summed E-state index contributed by atoms with van der Waals surface area (Å²) in [6, 6.07) is 11.0. The van der Waals surface area contributed by atoms with Gasteiger partial charge in [0.1, 0.15) is 5.01 Å². The van der Waals surface area contributed by atoms with Gasteiger partial charge in [-0.3, -0.25) is 0 Å². The molecule has 1 aromatic heterocycles. The molecule has 0 aliphatic carbocycles. The second kappa shape index (κ2) is 4.99. The highest BCUT2D eigenvalue weighted by Gasteiger charge is 2.12. The molecule has 0 atom stereocenters. The molecule has 0 aliphatic heterocycles. The van der Waals surface area contributed by atoms with Gasteiger partial charge in [0.15, 0.2) is 0 Å². The monoisotopic (exact) mass is 297 g/mol. The van der Waals surface area contributed by atoms with Gasteiger partial charge in [-0.1, -0.05) is 24.3 Å². The summed E-state index contributed by atoms with van der Waals surface area (Å²) in [4.78, 5) is 26.5. The van der Waals surface area contributed by atoms with Gasteiger partial charge in [-0.25, -0.2) is 4.98 Å². The van der Waals surface area contributed by atoms with E-state index >= 15 is 0 Å². The van der Waals surface area contributed by atoms with Crippen LogP contribution in [0.4, 0.5) is 0 Å². The Kier molecular flexibility index (Phi) is 3.15. The molecule has 0 saturated heterocycles. The Bertz CT molecular complexity index is 836. The molecule has 0 saturated carbocycles. The van der Waals surface area contributed by atoms with Crippen molar-refractivity contribution in [2.75, 3.05) is 0 Å². The van der Waals surface area contributed by atoms with Crippen molar-refractivity contribution >= 4 is 33.5 Å². The first-order valence-electron chi connectivity index (χ1n) is 5.99. The first-order chi connectivity index (χ1) is 10.1. The third-order valence-corrected chi connectivity index (χ3v) is 4.07. The Morgan fingerprint density at radius 2 is 1.76 bits per heavy atom. The van der Waals surface area contributed by atoms with Crippen LogP contribution in [-0.4, -0.2) is 16.9 Å². The number of aromatic carboxylic acids is 2. The minimum Gasteiger partial charge on any atom is -0.545 e. The van der Waals surface area contributed by atoms with Crippen LogP contribution in [0.15, 0.2) is 42.5 Å². The largest absolute Gasteiger partial charge is 0.545 e. The molecule has 1 heterocycles. The number of carbonyl (C=O) groups is 2. The minimum absolute atomic E-state index is 0.0981. The molecule has 0 radical (unpaired) electrons. The van der Waals surface area contributed by atoms with Crippen LogP contribution >= 0.6 is 11.3 Å². The first kappa shape index (κ1) is 13.3. The van der Waals surface area contributed by atoms with Gasteiger partial charge in [-0.2, -0.15) is 0 Å². The number of carboxylic acid groups (broad SMARTS) is 2. The standard InChI is InChI=1S/C15H9NO4S/c17-14(18)8-5-6-9(15(19)20)10(7-8)13-16-11-3-1-2-4-12(11)21-13/h1-7H,(H,17,18)(H,19,20)/p-2. The lowest BCUT2D eigenvalue weighted by molar-refractivity contribution is -0.256. The van der Waals surface area contributed by atoms with Crippen molar-refractivity contribution in [1.29, 1.82) is 0 Å². The maximum Gasteiger partial charge on any atom is 0.125 e. The van der Waals surface area contributed by atoms with Crippen LogP contribution < -0.4 is 10.2 Å². The second-order valence-electron chi connectivity index (χ2n) is 4.32. The zero-order valence-electron chi connectivity index (χ0n) is 10.5. The summed E-state index contributed by atoms with van der Waals surface area (Å²) < 4.78 is 0.885. The lowest BCUT2D eigenvalue weighted by Gasteiger charge is -2.11. The number of fused-ring (bicyclic) bond motifs is 1. The number of para-hydroxylation sites is 1. The third kappa shape index (κ3) is 2.36. The van der Waals surface area contributed by atoms with Crippen molar-refractivity contribution in [2.24, 2.45) is 0 Å². The number of hydrogen-bond donors (Lipinski definition) is 0. The Labute approximate surface area is 123 Å². The SMILES string of the molecule is O=C([O-])c1ccc(C(=O)[O-])c(-c2nc3ccccc3s2)c1. The lowest BCUT2D eigenvalue weighted by Crippen LogP contribution is -2.25. The molecule has 0 aliphatic rings. The Morgan fingerprint density at radius 1 is 1.00 bits per heavy atom. The molecule has 0 spiro atoms. The predicted octanol–water partition coefficient (Wildman–Crippen LogP) is 0.690. The fraction of sp³-hybridized carbons (Fsp3) is 0. The van der Waals surface area contributed by atoms with Gasteiger partial charge < -0.3 is 19.8 Å². The van der Waals surface area contributed by atoms with E-state index in [-0.39, 0.29) is 16.7 Å². The Morgan fingerprint density at radius 3 is 2.43 bits per heavy atom. The predicted molar refractivity (Wildman–Crippen MR) is 73.7 cm³/mol. The Balaban J connectivity index is 2.25. The molecular formula is C15H7NO4S-2. The van der Waals surface area contributed by atoms with Crippen LogP contribution in [0, 0.1) is 0 Å². The van der Waals surface area contributed by atoms with Crippen molar-refractivity contribution in [1.82, 2.24) is 4.98 Å². The van der Waals surface area contributed by atoms with Crippen molar-refractivity contribution < 1.29 is 19.8 Å². The number of hydrogen-bond acceptors (Lipinski definition) is 6. The molecule has 0 amide bonds. The van der Waals surface area contributed by atoms with Gasteiger partial charge in [0.25, 0.3) is 0 Å². The van der Waals surface area contributed by atoms with Crippen LogP contribution in [0.3, 0.4) is 0 Å². The lowest BCUT2D eigenvalue weighted by atomic mass is 10.0. The number of carbonyl (C=O) groups excluding carboxylic acids is 2. The van der Waals surface area contributed by atoms with E-state index in [1.165, 1.54) is 29.5 Å². The van der Waals surface area contributed by atoms with Gasteiger partial charge in [0.2, 0.25) is 0 Å². The summed E-state index contributed by atoms with van der Waals surface area (Å²) in [7, 11) is 0. The molecule has 3 rings (SSSR count). The topological polar surface area (TPSA) is 93.1 Å². The van der Waals surface area contributed by atoms with Gasteiger partial charge in [0.05, 0.1) is 22.2 Å². The van der Waals surface area contributed by atoms with Crippen molar-refractivity contribution in [2.45, 2.75) is 0 Å². The molecule has 0 unspecified atom stereocenters. The van der Waals surface area contributed by atoms with E-state index in [2.05, 4.69) is 4.98 Å². The zero-order chi connectivity index (χ0) is 15.0. The van der Waals surface area contributed by atoms with E-state index in [4.69, 9.17) is 0 Å². The zero-order valence-corrected chi connectivity index (χ0v) is 11.3. The molecule has 6 heteroatoms. The van der Waals surface area contributed by atoms with Gasteiger partial charge in [-0.05, 0) is 23.8 Å². The first-order valence-corrected chi connectivity index (χ1v) is 6.80. The summed E-state index contributed by atoms with van der Waals surface area (Å²) >= 11 is 1.29. The molecular weight excluding hydrogens is 290 g/mol. The van der Waals surface area contributed by atoms with Crippen molar-refractivity contribution in [3.05, 3.63) is 53.6 Å². The number of benzene rings is 2. The van der Waals surface area contributed by atoms with Crippen LogP contribution in [-0.2, 0) is 0 Å². The van der Waals surface area contributed by atoms with Crippen LogP contribution in [0.25, 0.3) is 20.8 Å². The summed E-state index contributed by atoms with van der Waals surface area (Å²) in [6.07, 6.45) is 0. The van der Waals surface area contributed by atoms with Crippen LogP contribution in [0.5, 0.6) is 0 Å². The summed E-state index contributed by atoms with van der Waals surface area (Å²) in [6.45, 7) is 0. The van der Waals surface area contributed by atoms with E-state index in [1.54, 1.807) is 6.07 Å². The van der Waals surface area contributed by atoms with Crippen LogP contribution in [0.1, 0.15) is 20.7 Å². The van der Waals surface area contributed by atoms with Crippen molar-refractivity contribution in [3.63, 3.8) is 0 Å². The quantitative estimate of drug-likeness (QED) is 0.709. The highest BCUT2D eigenvalue weighted by Crippen LogP contribution is 2.32. The van der Waals surface area contributed by atoms with Crippen molar-refractivity contribution in [3.8, 4) is 10.6 Å². The summed E-state index contributed by atoms with van der Waals surface area (Å²) in [5.41, 5.74) is 0.742. The van der Waals surface area contributed by atoms with Gasteiger partial charge in [-0.15, -0.1) is 11.3 Å². The number of thiazole rings is 1. The highest BCUT2D eigenvalue weighted by atomic mass is 32.1. The second-order valence-corrected chi connectivity index (χ2v) is 5.35. The van der Waals surface area contributed by atoms with Gasteiger partial charge >= 0.3 is 0 Å². The highest BCUT2D eigenvalue weighted by molar-refractivity contribution is 7.21. The van der Waals surface area contributed by atoms with E-state index in [1.807, 2.05) is 18.2 Å². The fourth-order valence-electron chi connectivity index (χ4n) is 2.01. The summed E-state index contributed by atoms with van der Waals surface area (Å²) in [5.74, 6) is -2.75. The molecule has 21 heavy (non-hydrogen) atoms. The number of rotatable bonds is 3.